The highest BCUT2D eigenvalue weighted by atomic mass is 32.2. The fraction of sp³-hybridized carbons (Fsp3) is 0.357. The van der Waals surface area contributed by atoms with E-state index in [4.69, 9.17) is 4.52 Å². The maximum absolute atomic E-state index is 12.2. The summed E-state index contributed by atoms with van der Waals surface area (Å²) in [6.07, 6.45) is 0. The quantitative estimate of drug-likeness (QED) is 0.798. The molecule has 120 valence electrons. The molecule has 0 saturated carbocycles. The van der Waals surface area contributed by atoms with Crippen molar-refractivity contribution in [2.24, 2.45) is 0 Å². The smallest absolute Gasteiger partial charge is 0.242 e. The molecule has 0 spiro atoms. The Kier molecular flexibility index (Phi) is 5.15. The number of aromatic nitrogens is 1. The summed E-state index contributed by atoms with van der Waals surface area (Å²) >= 11 is 0. The lowest BCUT2D eigenvalue weighted by atomic mass is 10.2. The SMILES string of the molecule is Cc1cc(CS(=O)Cc2cccc(S(=O)(=O)N(C)C)c2)no1. The van der Waals surface area contributed by atoms with Gasteiger partial charge >= 0.3 is 0 Å². The highest BCUT2D eigenvalue weighted by Crippen LogP contribution is 2.17. The molecule has 1 unspecified atom stereocenters. The van der Waals surface area contributed by atoms with E-state index in [1.807, 2.05) is 0 Å². The van der Waals surface area contributed by atoms with Gasteiger partial charge in [0.1, 0.15) is 5.76 Å². The summed E-state index contributed by atoms with van der Waals surface area (Å²) in [5.74, 6) is 1.22. The van der Waals surface area contributed by atoms with Gasteiger partial charge in [-0.1, -0.05) is 17.3 Å². The normalized spacial score (nSPS) is 13.5. The number of rotatable bonds is 6. The van der Waals surface area contributed by atoms with Crippen LogP contribution in [0.5, 0.6) is 0 Å². The summed E-state index contributed by atoms with van der Waals surface area (Å²) in [5.41, 5.74) is 1.34. The number of hydrogen-bond donors (Lipinski definition) is 0. The third kappa shape index (κ3) is 4.02. The van der Waals surface area contributed by atoms with Crippen LogP contribution in [-0.2, 0) is 32.3 Å². The predicted octanol–water partition coefficient (Wildman–Crippen LogP) is 1.68. The number of nitrogens with zero attached hydrogens (tertiary/aromatic N) is 2. The Bertz CT molecular complexity index is 782. The molecule has 0 saturated heterocycles. The van der Waals surface area contributed by atoms with Crippen molar-refractivity contribution in [2.45, 2.75) is 23.3 Å². The molecule has 1 atom stereocenters. The summed E-state index contributed by atoms with van der Waals surface area (Å²) in [5, 5.41) is 3.81. The van der Waals surface area contributed by atoms with Crippen molar-refractivity contribution in [3.63, 3.8) is 0 Å². The van der Waals surface area contributed by atoms with Gasteiger partial charge < -0.3 is 4.52 Å². The van der Waals surface area contributed by atoms with Crippen LogP contribution in [0.25, 0.3) is 0 Å². The third-order valence-electron chi connectivity index (χ3n) is 2.99. The van der Waals surface area contributed by atoms with Crippen molar-refractivity contribution in [2.75, 3.05) is 14.1 Å². The van der Waals surface area contributed by atoms with Gasteiger partial charge in [-0.3, -0.25) is 4.21 Å². The first-order valence-corrected chi connectivity index (χ1v) is 9.50. The van der Waals surface area contributed by atoms with Crippen LogP contribution in [0.15, 0.2) is 39.8 Å². The molecule has 0 N–H and O–H groups in total. The van der Waals surface area contributed by atoms with Crippen LogP contribution in [0.3, 0.4) is 0 Å². The minimum absolute atomic E-state index is 0.198. The average Bonchev–Trinajstić information content (AvgIpc) is 2.84. The van der Waals surface area contributed by atoms with Crippen LogP contribution in [0.1, 0.15) is 17.0 Å². The molecule has 1 heterocycles. The van der Waals surface area contributed by atoms with Gasteiger partial charge in [0.05, 0.1) is 16.3 Å². The van der Waals surface area contributed by atoms with Crippen molar-refractivity contribution in [1.29, 1.82) is 0 Å². The van der Waals surface area contributed by atoms with Crippen molar-refractivity contribution < 1.29 is 17.1 Å². The van der Waals surface area contributed by atoms with E-state index < -0.39 is 20.8 Å². The molecular formula is C14H18N2O4S2. The molecule has 2 rings (SSSR count). The van der Waals surface area contributed by atoms with E-state index in [2.05, 4.69) is 5.16 Å². The van der Waals surface area contributed by atoms with E-state index >= 15 is 0 Å². The Morgan fingerprint density at radius 2 is 1.95 bits per heavy atom. The summed E-state index contributed by atoms with van der Waals surface area (Å²) in [6, 6.07) is 8.25. The Hall–Kier alpha value is -1.51. The van der Waals surface area contributed by atoms with Gasteiger partial charge in [0.2, 0.25) is 10.0 Å². The first-order valence-electron chi connectivity index (χ1n) is 6.57. The Labute approximate surface area is 132 Å². The molecule has 2 aromatic rings. The van der Waals surface area contributed by atoms with Gasteiger partial charge in [-0.15, -0.1) is 0 Å². The third-order valence-corrected chi connectivity index (χ3v) is 6.07. The standard InChI is InChI=1S/C14H18N2O4S2/c1-11-7-13(15-20-11)10-21(17)9-12-5-4-6-14(8-12)22(18,19)16(2)3/h4-8H,9-10H2,1-3H3. The minimum atomic E-state index is -3.48. The average molecular weight is 342 g/mol. The first-order chi connectivity index (χ1) is 10.3. The molecule has 0 radical (unpaired) electrons. The lowest BCUT2D eigenvalue weighted by Crippen LogP contribution is -2.22. The summed E-state index contributed by atoms with van der Waals surface area (Å²) in [4.78, 5) is 0.198. The number of hydrogen-bond acceptors (Lipinski definition) is 5. The van der Waals surface area contributed by atoms with Crippen LogP contribution in [0.2, 0.25) is 0 Å². The highest BCUT2D eigenvalue weighted by Gasteiger charge is 2.17. The first kappa shape index (κ1) is 16.9. The van der Waals surface area contributed by atoms with Crippen LogP contribution < -0.4 is 0 Å². The van der Waals surface area contributed by atoms with Crippen molar-refractivity contribution >= 4 is 20.8 Å². The zero-order chi connectivity index (χ0) is 16.3. The zero-order valence-corrected chi connectivity index (χ0v) is 14.3. The second kappa shape index (κ2) is 6.72. The molecule has 0 aliphatic heterocycles. The van der Waals surface area contributed by atoms with Crippen molar-refractivity contribution in [3.8, 4) is 0 Å². The molecule has 1 aromatic carbocycles. The maximum atomic E-state index is 12.2. The molecule has 0 fully saturated rings. The van der Waals surface area contributed by atoms with Crippen molar-refractivity contribution in [3.05, 3.63) is 47.3 Å². The van der Waals surface area contributed by atoms with Gasteiger partial charge in [0.15, 0.2) is 0 Å². The lowest BCUT2D eigenvalue weighted by Gasteiger charge is -2.12. The molecule has 6 nitrogen and oxygen atoms in total. The summed E-state index contributed by atoms with van der Waals surface area (Å²) in [6.45, 7) is 1.77. The number of benzene rings is 1. The topological polar surface area (TPSA) is 80.5 Å². The van der Waals surface area contributed by atoms with Crippen molar-refractivity contribution in [1.82, 2.24) is 9.46 Å². The van der Waals surface area contributed by atoms with Gasteiger partial charge in [0, 0.05) is 36.7 Å². The Morgan fingerprint density at radius 3 is 2.55 bits per heavy atom. The highest BCUT2D eigenvalue weighted by molar-refractivity contribution is 7.89. The largest absolute Gasteiger partial charge is 0.361 e. The van der Waals surface area contributed by atoms with Crippen LogP contribution in [0, 0.1) is 6.92 Å². The van der Waals surface area contributed by atoms with E-state index in [1.165, 1.54) is 20.2 Å². The molecule has 0 aliphatic rings. The second-order valence-electron chi connectivity index (χ2n) is 5.09. The molecule has 22 heavy (non-hydrogen) atoms. The van der Waals surface area contributed by atoms with Gasteiger partial charge in [-0.05, 0) is 24.6 Å². The minimum Gasteiger partial charge on any atom is -0.361 e. The zero-order valence-electron chi connectivity index (χ0n) is 12.6. The van der Waals surface area contributed by atoms with E-state index in [9.17, 15) is 12.6 Å². The van der Waals surface area contributed by atoms with Crippen LogP contribution in [0.4, 0.5) is 0 Å². The molecule has 8 heteroatoms. The van der Waals surface area contributed by atoms with Gasteiger partial charge in [-0.25, -0.2) is 12.7 Å². The fourth-order valence-corrected chi connectivity index (χ4v) is 3.99. The summed E-state index contributed by atoms with van der Waals surface area (Å²) in [7, 11) is -1.71. The molecule has 0 amide bonds. The molecule has 0 aliphatic carbocycles. The van der Waals surface area contributed by atoms with E-state index in [-0.39, 0.29) is 16.4 Å². The van der Waals surface area contributed by atoms with Crippen LogP contribution in [-0.4, -0.2) is 36.2 Å². The Balaban J connectivity index is 2.12. The Morgan fingerprint density at radius 1 is 1.23 bits per heavy atom. The second-order valence-corrected chi connectivity index (χ2v) is 8.70. The fourth-order valence-electron chi connectivity index (χ4n) is 1.89. The molecule has 0 bridgehead atoms. The molecular weight excluding hydrogens is 324 g/mol. The molecule has 1 aromatic heterocycles. The predicted molar refractivity (Wildman–Crippen MR) is 84.1 cm³/mol. The van der Waals surface area contributed by atoms with E-state index in [1.54, 1.807) is 31.2 Å². The van der Waals surface area contributed by atoms with Crippen LogP contribution >= 0.6 is 0 Å². The van der Waals surface area contributed by atoms with Gasteiger partial charge in [-0.2, -0.15) is 0 Å². The number of sulfonamides is 1. The lowest BCUT2D eigenvalue weighted by molar-refractivity contribution is 0.392. The maximum Gasteiger partial charge on any atom is 0.242 e. The monoisotopic (exact) mass is 342 g/mol. The van der Waals surface area contributed by atoms with E-state index in [0.717, 1.165) is 4.31 Å². The summed E-state index contributed by atoms with van der Waals surface area (Å²) < 4.78 is 42.4. The van der Waals surface area contributed by atoms with E-state index in [0.29, 0.717) is 17.0 Å². The number of aryl methyl sites for hydroxylation is 1. The van der Waals surface area contributed by atoms with Gasteiger partial charge in [0.25, 0.3) is 0 Å².